The molecule has 0 atom stereocenters. The summed E-state index contributed by atoms with van der Waals surface area (Å²) in [4.78, 5) is 1.44. The van der Waals surface area contributed by atoms with Gasteiger partial charge in [0.2, 0.25) is 0 Å². The van der Waals surface area contributed by atoms with E-state index in [1.165, 1.54) is 17.8 Å². The Kier molecular flexibility index (Phi) is 3.69. The summed E-state index contributed by atoms with van der Waals surface area (Å²) in [5.74, 6) is 1.13. The van der Waals surface area contributed by atoms with Crippen LogP contribution in [0.3, 0.4) is 0 Å². The first kappa shape index (κ1) is 13.1. The molecule has 104 valence electrons. The zero-order chi connectivity index (χ0) is 13.9. The Balaban J connectivity index is 1.86. The number of nitrogens with two attached hydrogens (primary N) is 1. The van der Waals surface area contributed by atoms with Crippen LogP contribution >= 0.6 is 11.8 Å². The molecule has 0 saturated heterocycles. The standard InChI is InChI=1S/C15H14FNO2S/c16-12-8-10(17)2-5-15(12)20-11-3-4-13-14(9-11)19-7-1-6-18-13/h2-5,8-9H,1,6-7,17H2. The van der Waals surface area contributed by atoms with E-state index < -0.39 is 0 Å². The van der Waals surface area contributed by atoms with E-state index in [1.807, 2.05) is 18.2 Å². The molecule has 1 aliphatic heterocycles. The second-order valence-electron chi connectivity index (χ2n) is 4.45. The second kappa shape index (κ2) is 5.63. The average molecular weight is 291 g/mol. The summed E-state index contributed by atoms with van der Waals surface area (Å²) in [5, 5.41) is 0. The van der Waals surface area contributed by atoms with Gasteiger partial charge < -0.3 is 15.2 Å². The normalized spacial score (nSPS) is 13.8. The van der Waals surface area contributed by atoms with Crippen molar-refractivity contribution >= 4 is 17.4 Å². The van der Waals surface area contributed by atoms with E-state index in [-0.39, 0.29) is 5.82 Å². The van der Waals surface area contributed by atoms with Crippen molar-refractivity contribution in [2.24, 2.45) is 0 Å². The maximum atomic E-state index is 13.8. The lowest BCUT2D eigenvalue weighted by molar-refractivity contribution is 0.297. The Morgan fingerprint density at radius 2 is 1.80 bits per heavy atom. The summed E-state index contributed by atoms with van der Waals surface area (Å²) in [6.07, 6.45) is 0.865. The molecular formula is C15H14FNO2S. The third kappa shape index (κ3) is 2.82. The van der Waals surface area contributed by atoms with E-state index in [9.17, 15) is 4.39 Å². The highest BCUT2D eigenvalue weighted by Gasteiger charge is 2.12. The van der Waals surface area contributed by atoms with E-state index in [0.717, 1.165) is 17.1 Å². The summed E-state index contributed by atoms with van der Waals surface area (Å²) in [5.41, 5.74) is 5.97. The maximum absolute atomic E-state index is 13.8. The van der Waals surface area contributed by atoms with Gasteiger partial charge in [0, 0.05) is 21.9 Å². The van der Waals surface area contributed by atoms with Crippen LogP contribution in [0.1, 0.15) is 6.42 Å². The smallest absolute Gasteiger partial charge is 0.162 e. The lowest BCUT2D eigenvalue weighted by Gasteiger charge is -2.09. The van der Waals surface area contributed by atoms with E-state index in [2.05, 4.69) is 0 Å². The van der Waals surface area contributed by atoms with E-state index in [1.54, 1.807) is 12.1 Å². The lowest BCUT2D eigenvalue weighted by atomic mass is 10.3. The molecule has 0 aliphatic carbocycles. The predicted molar refractivity (Wildman–Crippen MR) is 77.0 cm³/mol. The van der Waals surface area contributed by atoms with Crippen molar-refractivity contribution < 1.29 is 13.9 Å². The van der Waals surface area contributed by atoms with Crippen molar-refractivity contribution in [2.45, 2.75) is 16.2 Å². The monoisotopic (exact) mass is 291 g/mol. The van der Waals surface area contributed by atoms with Gasteiger partial charge in [0.1, 0.15) is 5.82 Å². The van der Waals surface area contributed by atoms with Crippen LogP contribution in [0.2, 0.25) is 0 Å². The molecule has 5 heteroatoms. The van der Waals surface area contributed by atoms with Gasteiger partial charge in [0.25, 0.3) is 0 Å². The fourth-order valence-corrected chi connectivity index (χ4v) is 2.78. The van der Waals surface area contributed by atoms with Gasteiger partial charge in [-0.05, 0) is 36.4 Å². The van der Waals surface area contributed by atoms with Gasteiger partial charge in [-0.25, -0.2) is 4.39 Å². The Labute approximate surface area is 120 Å². The van der Waals surface area contributed by atoms with Crippen LogP contribution in [0.5, 0.6) is 11.5 Å². The largest absolute Gasteiger partial charge is 0.490 e. The van der Waals surface area contributed by atoms with Gasteiger partial charge in [-0.3, -0.25) is 0 Å². The number of fused-ring (bicyclic) bond motifs is 1. The molecule has 0 fully saturated rings. The molecular weight excluding hydrogens is 277 g/mol. The maximum Gasteiger partial charge on any atom is 0.162 e. The number of hydrogen-bond acceptors (Lipinski definition) is 4. The van der Waals surface area contributed by atoms with Gasteiger partial charge in [-0.1, -0.05) is 11.8 Å². The van der Waals surface area contributed by atoms with Crippen molar-refractivity contribution in [3.8, 4) is 11.5 Å². The van der Waals surface area contributed by atoms with Crippen molar-refractivity contribution in [3.63, 3.8) is 0 Å². The van der Waals surface area contributed by atoms with E-state index in [0.29, 0.717) is 29.5 Å². The van der Waals surface area contributed by atoms with Crippen molar-refractivity contribution in [3.05, 3.63) is 42.2 Å². The number of halogens is 1. The van der Waals surface area contributed by atoms with Crippen molar-refractivity contribution in [2.75, 3.05) is 18.9 Å². The summed E-state index contributed by atoms with van der Waals surface area (Å²) in [6.45, 7) is 1.30. The summed E-state index contributed by atoms with van der Waals surface area (Å²) < 4.78 is 25.0. The highest BCUT2D eigenvalue weighted by atomic mass is 32.2. The summed E-state index contributed by atoms with van der Waals surface area (Å²) in [7, 11) is 0. The molecule has 0 spiro atoms. The number of anilines is 1. The summed E-state index contributed by atoms with van der Waals surface area (Å²) in [6, 6.07) is 10.3. The molecule has 3 rings (SSSR count). The van der Waals surface area contributed by atoms with Crippen LogP contribution in [-0.2, 0) is 0 Å². The van der Waals surface area contributed by atoms with Crippen LogP contribution in [0, 0.1) is 5.82 Å². The lowest BCUT2D eigenvalue weighted by Crippen LogP contribution is -1.97. The minimum Gasteiger partial charge on any atom is -0.490 e. The molecule has 0 bridgehead atoms. The van der Waals surface area contributed by atoms with Crippen molar-refractivity contribution in [1.82, 2.24) is 0 Å². The first-order valence-electron chi connectivity index (χ1n) is 6.35. The van der Waals surface area contributed by atoms with Gasteiger partial charge in [0.15, 0.2) is 11.5 Å². The zero-order valence-electron chi connectivity index (χ0n) is 10.8. The average Bonchev–Trinajstić information content (AvgIpc) is 2.66. The highest BCUT2D eigenvalue weighted by molar-refractivity contribution is 7.99. The number of rotatable bonds is 2. The van der Waals surface area contributed by atoms with Crippen LogP contribution in [0.25, 0.3) is 0 Å². The highest BCUT2D eigenvalue weighted by Crippen LogP contribution is 2.37. The fraction of sp³-hybridized carbons (Fsp3) is 0.200. The van der Waals surface area contributed by atoms with Crippen LogP contribution < -0.4 is 15.2 Å². The number of ether oxygens (including phenoxy) is 2. The van der Waals surface area contributed by atoms with E-state index >= 15 is 0 Å². The fourth-order valence-electron chi connectivity index (χ4n) is 1.93. The molecule has 0 radical (unpaired) electrons. The third-order valence-corrected chi connectivity index (χ3v) is 3.94. The van der Waals surface area contributed by atoms with Gasteiger partial charge in [-0.15, -0.1) is 0 Å². The topological polar surface area (TPSA) is 44.5 Å². The van der Waals surface area contributed by atoms with E-state index in [4.69, 9.17) is 15.2 Å². The Hall–Kier alpha value is -1.88. The molecule has 1 heterocycles. The molecule has 20 heavy (non-hydrogen) atoms. The number of nitrogen functional groups attached to an aromatic ring is 1. The van der Waals surface area contributed by atoms with Crippen LogP contribution in [0.15, 0.2) is 46.2 Å². The molecule has 0 aromatic heterocycles. The molecule has 2 N–H and O–H groups in total. The predicted octanol–water partition coefficient (Wildman–Crippen LogP) is 3.72. The quantitative estimate of drug-likeness (QED) is 0.856. The van der Waals surface area contributed by atoms with Crippen LogP contribution in [-0.4, -0.2) is 13.2 Å². The third-order valence-electron chi connectivity index (χ3n) is 2.90. The second-order valence-corrected chi connectivity index (χ2v) is 5.57. The Morgan fingerprint density at radius 3 is 2.60 bits per heavy atom. The molecule has 3 nitrogen and oxygen atoms in total. The Morgan fingerprint density at radius 1 is 1.00 bits per heavy atom. The molecule has 0 saturated carbocycles. The SMILES string of the molecule is Nc1ccc(Sc2ccc3c(c2)OCCCO3)c(F)c1. The zero-order valence-corrected chi connectivity index (χ0v) is 11.6. The minimum atomic E-state index is -0.317. The number of benzene rings is 2. The van der Waals surface area contributed by atoms with Gasteiger partial charge >= 0.3 is 0 Å². The minimum absolute atomic E-state index is 0.317. The first-order valence-corrected chi connectivity index (χ1v) is 7.16. The van der Waals surface area contributed by atoms with Gasteiger partial charge in [0.05, 0.1) is 13.2 Å². The molecule has 1 aliphatic rings. The molecule has 2 aromatic carbocycles. The Bertz CT molecular complexity index is 633. The van der Waals surface area contributed by atoms with Crippen LogP contribution in [0.4, 0.5) is 10.1 Å². The van der Waals surface area contributed by atoms with Gasteiger partial charge in [-0.2, -0.15) is 0 Å². The first-order chi connectivity index (χ1) is 9.72. The van der Waals surface area contributed by atoms with Crippen molar-refractivity contribution in [1.29, 1.82) is 0 Å². The molecule has 0 unspecified atom stereocenters. The number of hydrogen-bond donors (Lipinski definition) is 1. The molecule has 0 amide bonds. The summed E-state index contributed by atoms with van der Waals surface area (Å²) >= 11 is 1.34. The molecule has 2 aromatic rings.